The summed E-state index contributed by atoms with van der Waals surface area (Å²) in [6.07, 6.45) is 1.30. The maximum absolute atomic E-state index is 11.0. The van der Waals surface area contributed by atoms with Crippen LogP contribution < -0.4 is 11.1 Å². The number of carbonyl (C=O) groups excluding carboxylic acids is 1. The average molecular weight is 234 g/mol. The largest absolute Gasteiger partial charge is 0.377 e. The van der Waals surface area contributed by atoms with Gasteiger partial charge in [0, 0.05) is 24.8 Å². The van der Waals surface area contributed by atoms with E-state index in [9.17, 15) is 4.79 Å². The third-order valence-electron chi connectivity index (χ3n) is 3.16. The first-order valence-corrected chi connectivity index (χ1v) is 5.90. The minimum absolute atomic E-state index is 0.259. The number of benzene rings is 1. The summed E-state index contributed by atoms with van der Waals surface area (Å²) in [6, 6.07) is 7.79. The number of hydrogen-bond donors (Lipinski definition) is 2. The highest BCUT2D eigenvalue weighted by molar-refractivity contribution is 5.92. The number of carbonyl (C=O) groups is 1. The van der Waals surface area contributed by atoms with E-state index in [-0.39, 0.29) is 12.0 Å². The molecule has 1 fully saturated rings. The van der Waals surface area contributed by atoms with Gasteiger partial charge < -0.3 is 15.8 Å². The summed E-state index contributed by atoms with van der Waals surface area (Å²) in [6.45, 7) is 3.63. The molecule has 0 radical (unpaired) electrons. The number of ether oxygens (including phenoxy) is 1. The van der Waals surface area contributed by atoms with Gasteiger partial charge in [-0.1, -0.05) is 12.1 Å². The fraction of sp³-hybridized carbons (Fsp3) is 0.462. The van der Waals surface area contributed by atoms with E-state index in [0.29, 0.717) is 11.6 Å². The third kappa shape index (κ3) is 3.05. The minimum Gasteiger partial charge on any atom is -0.377 e. The lowest BCUT2D eigenvalue weighted by Gasteiger charge is -2.16. The molecule has 1 saturated heterocycles. The van der Waals surface area contributed by atoms with Gasteiger partial charge in [0.2, 0.25) is 5.91 Å². The fourth-order valence-corrected chi connectivity index (χ4v) is 2.08. The van der Waals surface area contributed by atoms with E-state index in [1.807, 2.05) is 18.2 Å². The smallest absolute Gasteiger partial charge is 0.248 e. The molecule has 1 aromatic carbocycles. The minimum atomic E-state index is -0.385. The van der Waals surface area contributed by atoms with E-state index in [4.69, 9.17) is 10.5 Å². The Hall–Kier alpha value is -1.39. The van der Waals surface area contributed by atoms with Gasteiger partial charge in [0.1, 0.15) is 0 Å². The van der Waals surface area contributed by atoms with Crippen LogP contribution in [0.15, 0.2) is 24.3 Å². The van der Waals surface area contributed by atoms with Crippen molar-refractivity contribution in [2.45, 2.75) is 32.0 Å². The average Bonchev–Trinajstić information content (AvgIpc) is 2.72. The van der Waals surface area contributed by atoms with Gasteiger partial charge in [0.25, 0.3) is 0 Å². The van der Waals surface area contributed by atoms with E-state index in [1.165, 1.54) is 0 Å². The molecule has 4 nitrogen and oxygen atoms in total. The second-order valence-electron chi connectivity index (χ2n) is 4.42. The quantitative estimate of drug-likeness (QED) is 0.818. The van der Waals surface area contributed by atoms with Crippen LogP contribution in [-0.2, 0) is 11.3 Å². The van der Waals surface area contributed by atoms with Crippen LogP contribution in [0.1, 0.15) is 29.3 Å². The first kappa shape index (κ1) is 12.1. The van der Waals surface area contributed by atoms with Gasteiger partial charge in [-0.15, -0.1) is 0 Å². The van der Waals surface area contributed by atoms with Gasteiger partial charge in [-0.25, -0.2) is 0 Å². The molecular formula is C13H18N2O2. The van der Waals surface area contributed by atoms with Gasteiger partial charge in [-0.2, -0.15) is 0 Å². The van der Waals surface area contributed by atoms with Crippen LogP contribution in [0, 0.1) is 0 Å². The molecule has 1 aliphatic rings. The van der Waals surface area contributed by atoms with E-state index < -0.39 is 0 Å². The second-order valence-corrected chi connectivity index (χ2v) is 4.42. The van der Waals surface area contributed by atoms with Crippen molar-refractivity contribution in [3.05, 3.63) is 35.4 Å². The van der Waals surface area contributed by atoms with Gasteiger partial charge in [0.15, 0.2) is 0 Å². The van der Waals surface area contributed by atoms with Gasteiger partial charge in [0.05, 0.1) is 6.10 Å². The van der Waals surface area contributed by atoms with Crippen LogP contribution in [0.2, 0.25) is 0 Å². The van der Waals surface area contributed by atoms with Crippen LogP contribution in [0.5, 0.6) is 0 Å². The lowest BCUT2D eigenvalue weighted by molar-refractivity contribution is 0.1000. The lowest BCUT2D eigenvalue weighted by Crippen LogP contribution is -2.34. The standard InChI is InChI=1S/C13H18N2O2/c1-9-12(5-6-17-9)15-8-10-3-2-4-11(7-10)13(14)16/h2-4,7,9,12,15H,5-6,8H2,1H3,(H2,14,16). The molecule has 0 saturated carbocycles. The van der Waals surface area contributed by atoms with Gasteiger partial charge in [-0.3, -0.25) is 4.79 Å². The zero-order chi connectivity index (χ0) is 12.3. The summed E-state index contributed by atoms with van der Waals surface area (Å²) in [4.78, 5) is 11.0. The predicted molar refractivity (Wildman–Crippen MR) is 65.6 cm³/mol. The fourth-order valence-electron chi connectivity index (χ4n) is 2.08. The second kappa shape index (κ2) is 5.29. The van der Waals surface area contributed by atoms with Crippen LogP contribution in [-0.4, -0.2) is 24.7 Å². The van der Waals surface area contributed by atoms with Crippen molar-refractivity contribution in [3.8, 4) is 0 Å². The van der Waals surface area contributed by atoms with E-state index >= 15 is 0 Å². The predicted octanol–water partition coefficient (Wildman–Crippen LogP) is 1.05. The Kier molecular flexibility index (Phi) is 3.76. The molecule has 1 amide bonds. The molecule has 1 aliphatic heterocycles. The highest BCUT2D eigenvalue weighted by Crippen LogP contribution is 2.13. The Bertz CT molecular complexity index is 406. The Morgan fingerprint density at radius 3 is 3.06 bits per heavy atom. The molecule has 1 heterocycles. The Labute approximate surface area is 101 Å². The Morgan fingerprint density at radius 1 is 1.59 bits per heavy atom. The van der Waals surface area contributed by atoms with Crippen molar-refractivity contribution >= 4 is 5.91 Å². The number of nitrogens with one attached hydrogen (secondary N) is 1. The molecule has 2 rings (SSSR count). The van der Waals surface area contributed by atoms with Crippen LogP contribution >= 0.6 is 0 Å². The van der Waals surface area contributed by atoms with E-state index in [2.05, 4.69) is 12.2 Å². The molecule has 0 aliphatic carbocycles. The summed E-state index contributed by atoms with van der Waals surface area (Å²) >= 11 is 0. The van der Waals surface area contributed by atoms with Crippen LogP contribution in [0.3, 0.4) is 0 Å². The van der Waals surface area contributed by atoms with Crippen molar-refractivity contribution < 1.29 is 9.53 Å². The number of amides is 1. The first-order chi connectivity index (χ1) is 8.16. The zero-order valence-electron chi connectivity index (χ0n) is 9.98. The van der Waals surface area contributed by atoms with Gasteiger partial charge in [-0.05, 0) is 31.0 Å². The third-order valence-corrected chi connectivity index (χ3v) is 3.16. The SMILES string of the molecule is CC1OCCC1NCc1cccc(C(N)=O)c1. The maximum atomic E-state index is 11.0. The lowest BCUT2D eigenvalue weighted by atomic mass is 10.1. The topological polar surface area (TPSA) is 64.3 Å². The normalized spacial score (nSPS) is 23.8. The summed E-state index contributed by atoms with van der Waals surface area (Å²) in [7, 11) is 0. The molecule has 0 bridgehead atoms. The molecule has 2 unspecified atom stereocenters. The molecule has 92 valence electrons. The Balaban J connectivity index is 1.94. The Morgan fingerprint density at radius 2 is 2.41 bits per heavy atom. The van der Waals surface area contributed by atoms with Crippen molar-refractivity contribution in [1.29, 1.82) is 0 Å². The van der Waals surface area contributed by atoms with Gasteiger partial charge >= 0.3 is 0 Å². The molecule has 3 N–H and O–H groups in total. The number of rotatable bonds is 4. The monoisotopic (exact) mass is 234 g/mol. The molecule has 0 aromatic heterocycles. The van der Waals surface area contributed by atoms with E-state index in [1.54, 1.807) is 6.07 Å². The highest BCUT2D eigenvalue weighted by atomic mass is 16.5. The van der Waals surface area contributed by atoms with Crippen molar-refractivity contribution in [2.24, 2.45) is 5.73 Å². The van der Waals surface area contributed by atoms with Crippen molar-refractivity contribution in [1.82, 2.24) is 5.32 Å². The summed E-state index contributed by atoms with van der Waals surface area (Å²) in [5.41, 5.74) is 6.87. The highest BCUT2D eigenvalue weighted by Gasteiger charge is 2.23. The number of nitrogens with two attached hydrogens (primary N) is 1. The van der Waals surface area contributed by atoms with Crippen molar-refractivity contribution in [3.63, 3.8) is 0 Å². The maximum Gasteiger partial charge on any atom is 0.248 e. The molecule has 0 spiro atoms. The molecule has 4 heteroatoms. The summed E-state index contributed by atoms with van der Waals surface area (Å²) in [5, 5.41) is 3.44. The molecular weight excluding hydrogens is 216 g/mol. The number of hydrogen-bond acceptors (Lipinski definition) is 3. The van der Waals surface area contributed by atoms with Crippen LogP contribution in [0.4, 0.5) is 0 Å². The molecule has 2 atom stereocenters. The van der Waals surface area contributed by atoms with E-state index in [0.717, 1.165) is 25.1 Å². The van der Waals surface area contributed by atoms with Crippen LogP contribution in [0.25, 0.3) is 0 Å². The summed E-state index contributed by atoms with van der Waals surface area (Å²) in [5.74, 6) is -0.385. The molecule has 1 aromatic rings. The van der Waals surface area contributed by atoms with Crippen molar-refractivity contribution in [2.75, 3.05) is 6.61 Å². The molecule has 17 heavy (non-hydrogen) atoms. The first-order valence-electron chi connectivity index (χ1n) is 5.90. The number of primary amides is 1. The summed E-state index contributed by atoms with van der Waals surface area (Å²) < 4.78 is 5.48. The zero-order valence-corrected chi connectivity index (χ0v) is 9.98.